The molecular formula is C16H26ClN3. The van der Waals surface area contributed by atoms with E-state index in [0.717, 1.165) is 30.1 Å². The molecule has 1 saturated heterocycles. The third-order valence-corrected chi connectivity index (χ3v) is 4.32. The molecule has 1 atom stereocenters. The highest BCUT2D eigenvalue weighted by Crippen LogP contribution is 2.24. The molecule has 3 nitrogen and oxygen atoms in total. The van der Waals surface area contributed by atoms with Crippen LogP contribution in [0.5, 0.6) is 0 Å². The molecule has 0 bridgehead atoms. The molecule has 1 heterocycles. The third-order valence-electron chi connectivity index (χ3n) is 3.97. The van der Waals surface area contributed by atoms with Crippen molar-refractivity contribution in [2.75, 3.05) is 38.1 Å². The molecule has 0 amide bonds. The van der Waals surface area contributed by atoms with Gasteiger partial charge in [-0.15, -0.1) is 0 Å². The Morgan fingerprint density at radius 1 is 1.35 bits per heavy atom. The van der Waals surface area contributed by atoms with E-state index in [9.17, 15) is 0 Å². The summed E-state index contributed by atoms with van der Waals surface area (Å²) < 4.78 is 0. The van der Waals surface area contributed by atoms with Crippen molar-refractivity contribution >= 4 is 17.3 Å². The summed E-state index contributed by atoms with van der Waals surface area (Å²) in [5.41, 5.74) is 8.15. The summed E-state index contributed by atoms with van der Waals surface area (Å²) in [6.45, 7) is 6.69. The lowest BCUT2D eigenvalue weighted by molar-refractivity contribution is 0.346. The largest absolute Gasteiger partial charge is 0.373 e. The maximum atomic E-state index is 6.35. The van der Waals surface area contributed by atoms with E-state index in [1.807, 2.05) is 6.92 Å². The lowest BCUT2D eigenvalue weighted by atomic mass is 10.1. The minimum Gasteiger partial charge on any atom is -0.373 e. The van der Waals surface area contributed by atoms with Gasteiger partial charge in [-0.25, -0.2) is 0 Å². The van der Waals surface area contributed by atoms with Crippen LogP contribution < -0.4 is 10.6 Å². The van der Waals surface area contributed by atoms with Crippen molar-refractivity contribution in [2.24, 2.45) is 5.73 Å². The van der Waals surface area contributed by atoms with E-state index in [2.05, 4.69) is 35.0 Å². The van der Waals surface area contributed by atoms with Crippen LogP contribution in [0.4, 0.5) is 5.69 Å². The van der Waals surface area contributed by atoms with Gasteiger partial charge in [-0.3, -0.25) is 0 Å². The molecule has 2 rings (SSSR count). The smallest absolute Gasteiger partial charge is 0.0459 e. The molecule has 1 unspecified atom stereocenters. The zero-order chi connectivity index (χ0) is 14.5. The number of hydrogen-bond acceptors (Lipinski definition) is 3. The van der Waals surface area contributed by atoms with Crippen molar-refractivity contribution in [3.8, 4) is 0 Å². The summed E-state index contributed by atoms with van der Waals surface area (Å²) >= 11 is 6.35. The lowest BCUT2D eigenvalue weighted by Gasteiger charge is -2.23. The van der Waals surface area contributed by atoms with E-state index in [0.29, 0.717) is 0 Å². The monoisotopic (exact) mass is 295 g/mol. The Labute approximate surface area is 127 Å². The predicted molar refractivity (Wildman–Crippen MR) is 87.7 cm³/mol. The summed E-state index contributed by atoms with van der Waals surface area (Å²) in [6, 6.07) is 6.45. The first-order valence-electron chi connectivity index (χ1n) is 7.54. The van der Waals surface area contributed by atoms with E-state index >= 15 is 0 Å². The first-order chi connectivity index (χ1) is 9.56. The van der Waals surface area contributed by atoms with E-state index in [-0.39, 0.29) is 6.04 Å². The van der Waals surface area contributed by atoms with E-state index in [1.54, 1.807) is 0 Å². The van der Waals surface area contributed by atoms with Gasteiger partial charge in [0.1, 0.15) is 0 Å². The SMILES string of the molecule is CC(N)Cc1ccc(N(C)CCN2CCCC2)cc1Cl. The second-order valence-electron chi connectivity index (χ2n) is 5.93. The Hall–Kier alpha value is -0.770. The maximum Gasteiger partial charge on any atom is 0.0459 e. The number of benzene rings is 1. The molecule has 1 aromatic rings. The fourth-order valence-electron chi connectivity index (χ4n) is 2.71. The Bertz CT molecular complexity index is 428. The number of halogens is 1. The van der Waals surface area contributed by atoms with Crippen LogP contribution in [0.3, 0.4) is 0 Å². The molecule has 112 valence electrons. The van der Waals surface area contributed by atoms with Gasteiger partial charge < -0.3 is 15.5 Å². The second kappa shape index (κ2) is 7.30. The van der Waals surface area contributed by atoms with Gasteiger partial charge in [0.05, 0.1) is 0 Å². The minimum absolute atomic E-state index is 0.145. The average molecular weight is 296 g/mol. The van der Waals surface area contributed by atoms with Gasteiger partial charge in [-0.05, 0) is 57.0 Å². The van der Waals surface area contributed by atoms with Crippen LogP contribution in [-0.4, -0.2) is 44.2 Å². The van der Waals surface area contributed by atoms with Crippen LogP contribution >= 0.6 is 11.6 Å². The van der Waals surface area contributed by atoms with Crippen LogP contribution in [0.15, 0.2) is 18.2 Å². The Kier molecular flexibility index (Phi) is 5.70. The number of likely N-dealkylation sites (N-methyl/N-ethyl adjacent to an activating group) is 1. The lowest BCUT2D eigenvalue weighted by Crippen LogP contribution is -2.31. The standard InChI is InChI=1S/C16H26ClN3/c1-13(18)11-14-5-6-15(12-16(14)17)19(2)9-10-20-7-3-4-8-20/h5-6,12-13H,3-4,7-11,18H2,1-2H3. The summed E-state index contributed by atoms with van der Waals surface area (Å²) in [6.07, 6.45) is 3.53. The van der Waals surface area contributed by atoms with Crippen molar-refractivity contribution in [1.29, 1.82) is 0 Å². The molecule has 1 fully saturated rings. The maximum absolute atomic E-state index is 6.35. The van der Waals surface area contributed by atoms with Gasteiger partial charge in [-0.2, -0.15) is 0 Å². The van der Waals surface area contributed by atoms with Crippen molar-refractivity contribution in [3.63, 3.8) is 0 Å². The highest BCUT2D eigenvalue weighted by Gasteiger charge is 2.12. The molecule has 0 saturated carbocycles. The molecule has 0 aliphatic carbocycles. The van der Waals surface area contributed by atoms with Crippen LogP contribution in [0.2, 0.25) is 5.02 Å². The Balaban J connectivity index is 1.92. The minimum atomic E-state index is 0.145. The number of nitrogens with zero attached hydrogens (tertiary/aromatic N) is 2. The van der Waals surface area contributed by atoms with Gasteiger partial charge >= 0.3 is 0 Å². The van der Waals surface area contributed by atoms with Gasteiger partial charge in [0.25, 0.3) is 0 Å². The summed E-state index contributed by atoms with van der Waals surface area (Å²) in [7, 11) is 2.13. The molecule has 2 N–H and O–H groups in total. The van der Waals surface area contributed by atoms with Gasteiger partial charge in [-0.1, -0.05) is 17.7 Å². The summed E-state index contributed by atoms with van der Waals surface area (Å²) in [5.74, 6) is 0. The highest BCUT2D eigenvalue weighted by atomic mass is 35.5. The molecule has 0 radical (unpaired) electrons. The quantitative estimate of drug-likeness (QED) is 0.876. The summed E-state index contributed by atoms with van der Waals surface area (Å²) in [5, 5.41) is 0.827. The Morgan fingerprint density at radius 2 is 2.05 bits per heavy atom. The Morgan fingerprint density at radius 3 is 2.65 bits per heavy atom. The zero-order valence-electron chi connectivity index (χ0n) is 12.6. The first-order valence-corrected chi connectivity index (χ1v) is 7.91. The van der Waals surface area contributed by atoms with Crippen LogP contribution in [-0.2, 0) is 6.42 Å². The molecular weight excluding hydrogens is 270 g/mol. The van der Waals surface area contributed by atoms with Gasteiger partial charge in [0, 0.05) is 36.9 Å². The molecule has 4 heteroatoms. The molecule has 1 aromatic carbocycles. The molecule has 0 aromatic heterocycles. The topological polar surface area (TPSA) is 32.5 Å². The van der Waals surface area contributed by atoms with Crippen molar-refractivity contribution in [3.05, 3.63) is 28.8 Å². The number of nitrogens with two attached hydrogens (primary N) is 1. The second-order valence-corrected chi connectivity index (χ2v) is 6.33. The van der Waals surface area contributed by atoms with E-state index < -0.39 is 0 Å². The number of hydrogen-bond donors (Lipinski definition) is 1. The number of likely N-dealkylation sites (tertiary alicyclic amines) is 1. The normalized spacial score (nSPS) is 17.4. The molecule has 20 heavy (non-hydrogen) atoms. The average Bonchev–Trinajstić information content (AvgIpc) is 2.91. The zero-order valence-corrected chi connectivity index (χ0v) is 13.4. The molecule has 0 spiro atoms. The van der Waals surface area contributed by atoms with Gasteiger partial charge in [0.15, 0.2) is 0 Å². The predicted octanol–water partition coefficient (Wildman–Crippen LogP) is 2.76. The number of anilines is 1. The van der Waals surface area contributed by atoms with Crippen LogP contribution in [0.1, 0.15) is 25.3 Å². The molecule has 1 aliphatic rings. The molecule has 1 aliphatic heterocycles. The number of rotatable bonds is 6. The van der Waals surface area contributed by atoms with Crippen LogP contribution in [0.25, 0.3) is 0 Å². The van der Waals surface area contributed by atoms with E-state index in [1.165, 1.54) is 31.6 Å². The fourth-order valence-corrected chi connectivity index (χ4v) is 2.96. The highest BCUT2D eigenvalue weighted by molar-refractivity contribution is 6.31. The third kappa shape index (κ3) is 4.37. The van der Waals surface area contributed by atoms with Crippen molar-refractivity contribution in [2.45, 2.75) is 32.2 Å². The van der Waals surface area contributed by atoms with Crippen molar-refractivity contribution < 1.29 is 0 Å². The van der Waals surface area contributed by atoms with Gasteiger partial charge in [0.2, 0.25) is 0 Å². The summed E-state index contributed by atoms with van der Waals surface area (Å²) in [4.78, 5) is 4.81. The van der Waals surface area contributed by atoms with Crippen LogP contribution in [0, 0.1) is 0 Å². The fraction of sp³-hybridized carbons (Fsp3) is 0.625. The van der Waals surface area contributed by atoms with Crippen molar-refractivity contribution in [1.82, 2.24) is 4.90 Å². The first kappa shape index (κ1) is 15.6. The van der Waals surface area contributed by atoms with E-state index in [4.69, 9.17) is 17.3 Å².